The highest BCUT2D eigenvalue weighted by Crippen LogP contribution is 2.38. The van der Waals surface area contributed by atoms with Crippen LogP contribution in [0.25, 0.3) is 10.9 Å². The van der Waals surface area contributed by atoms with Gasteiger partial charge in [0, 0.05) is 35.7 Å². The Morgan fingerprint density at radius 1 is 1.25 bits per heavy atom. The second-order valence-electron chi connectivity index (χ2n) is 8.77. The molecule has 8 nitrogen and oxygen atoms in total. The van der Waals surface area contributed by atoms with Crippen LogP contribution in [0.15, 0.2) is 36.5 Å². The molecule has 8 heteroatoms. The van der Waals surface area contributed by atoms with Crippen LogP contribution in [-0.2, 0) is 0 Å². The number of amides is 1. The third-order valence-corrected chi connectivity index (χ3v) is 6.41. The molecular formula is C24H28N4O4. The number of carbonyl (C=O) groups excluding carboxylic acids is 1. The number of aliphatic hydroxyl groups is 1. The van der Waals surface area contributed by atoms with E-state index < -0.39 is 5.91 Å². The number of pyridine rings is 1. The Bertz CT molecular complexity index is 1150. The van der Waals surface area contributed by atoms with Gasteiger partial charge in [-0.05, 0) is 57.6 Å². The first-order chi connectivity index (χ1) is 15.5. The minimum absolute atomic E-state index is 0.0772. The van der Waals surface area contributed by atoms with Crippen molar-refractivity contribution < 1.29 is 19.4 Å². The zero-order chi connectivity index (χ0) is 22.2. The normalized spacial score (nSPS) is 20.9. The van der Waals surface area contributed by atoms with Crippen LogP contribution in [-0.4, -0.2) is 33.5 Å². The Kier molecular flexibility index (Phi) is 5.46. The fourth-order valence-corrected chi connectivity index (χ4v) is 4.50. The Morgan fingerprint density at radius 2 is 2.03 bits per heavy atom. The van der Waals surface area contributed by atoms with Gasteiger partial charge in [-0.15, -0.1) is 0 Å². The third-order valence-electron chi connectivity index (χ3n) is 6.41. The molecule has 168 valence electrons. The van der Waals surface area contributed by atoms with Crippen molar-refractivity contribution in [2.75, 3.05) is 11.9 Å². The van der Waals surface area contributed by atoms with Crippen molar-refractivity contribution in [2.24, 2.45) is 0 Å². The standard InChI is InChI=1S/C24H28N4O4/c1-2-32-23-13-19-16(14-27(26-19)17-8-10-18(29)11-9-17)12-20(23)25-24(30)22-5-3-4-21(28(22)31)15-6-7-15/h3-5,12-15,17-18,29H,2,6-11H2,1H3,(H,25,30). The molecule has 1 aromatic carbocycles. The van der Waals surface area contributed by atoms with E-state index in [1.165, 1.54) is 0 Å². The van der Waals surface area contributed by atoms with Crippen LogP contribution in [0, 0.1) is 5.21 Å². The molecule has 0 radical (unpaired) electrons. The number of carbonyl (C=O) groups is 1. The molecule has 3 aromatic rings. The number of aliphatic hydroxyl groups excluding tert-OH is 1. The fraction of sp³-hybridized carbons (Fsp3) is 0.458. The molecule has 2 fully saturated rings. The summed E-state index contributed by atoms with van der Waals surface area (Å²) in [5.74, 6) is 0.312. The Labute approximate surface area is 186 Å². The molecule has 2 N–H and O–H groups in total. The quantitative estimate of drug-likeness (QED) is 0.453. The predicted octanol–water partition coefficient (Wildman–Crippen LogP) is 3.67. The maximum Gasteiger partial charge on any atom is 0.321 e. The van der Waals surface area contributed by atoms with Gasteiger partial charge in [0.05, 0.1) is 30.0 Å². The summed E-state index contributed by atoms with van der Waals surface area (Å²) in [5, 5.41) is 31.0. The number of anilines is 1. The van der Waals surface area contributed by atoms with Crippen LogP contribution < -0.4 is 14.8 Å². The van der Waals surface area contributed by atoms with Crippen molar-refractivity contribution in [1.82, 2.24) is 9.78 Å². The molecule has 2 aliphatic rings. The predicted molar refractivity (Wildman–Crippen MR) is 120 cm³/mol. The van der Waals surface area contributed by atoms with Gasteiger partial charge >= 0.3 is 5.91 Å². The lowest BCUT2D eigenvalue weighted by molar-refractivity contribution is -0.616. The Balaban J connectivity index is 1.44. The van der Waals surface area contributed by atoms with Crippen molar-refractivity contribution >= 4 is 22.5 Å². The summed E-state index contributed by atoms with van der Waals surface area (Å²) in [7, 11) is 0. The van der Waals surface area contributed by atoms with E-state index >= 15 is 0 Å². The highest BCUT2D eigenvalue weighted by Gasteiger charge is 2.33. The average molecular weight is 437 g/mol. The number of benzene rings is 1. The topological polar surface area (TPSA) is 103 Å². The van der Waals surface area contributed by atoms with Crippen molar-refractivity contribution in [3.8, 4) is 5.75 Å². The van der Waals surface area contributed by atoms with Crippen LogP contribution in [0.1, 0.15) is 73.6 Å². The monoisotopic (exact) mass is 436 g/mol. The van der Waals surface area contributed by atoms with Gasteiger partial charge in [-0.1, -0.05) is 0 Å². The van der Waals surface area contributed by atoms with Crippen LogP contribution in [0.5, 0.6) is 5.75 Å². The smallest absolute Gasteiger partial charge is 0.321 e. The maximum atomic E-state index is 13.0. The van der Waals surface area contributed by atoms with Gasteiger partial charge in [-0.3, -0.25) is 9.48 Å². The van der Waals surface area contributed by atoms with Gasteiger partial charge in [0.15, 0.2) is 5.69 Å². The third kappa shape index (κ3) is 4.02. The van der Waals surface area contributed by atoms with Gasteiger partial charge in [-0.25, -0.2) is 0 Å². The minimum Gasteiger partial charge on any atom is -0.618 e. The van der Waals surface area contributed by atoms with Gasteiger partial charge in [-0.2, -0.15) is 9.83 Å². The summed E-state index contributed by atoms with van der Waals surface area (Å²) in [6.07, 6.45) is 7.07. The van der Waals surface area contributed by atoms with Gasteiger partial charge in [0.2, 0.25) is 0 Å². The number of hydrogen-bond acceptors (Lipinski definition) is 5. The van der Waals surface area contributed by atoms with Crippen molar-refractivity contribution in [3.63, 3.8) is 0 Å². The lowest BCUT2D eigenvalue weighted by Gasteiger charge is -2.25. The van der Waals surface area contributed by atoms with E-state index in [1.807, 2.05) is 29.9 Å². The number of fused-ring (bicyclic) bond motifs is 1. The first kappa shape index (κ1) is 20.8. The molecule has 1 amide bonds. The van der Waals surface area contributed by atoms with Crippen LogP contribution in [0.2, 0.25) is 0 Å². The molecule has 32 heavy (non-hydrogen) atoms. The summed E-state index contributed by atoms with van der Waals surface area (Å²) >= 11 is 0. The van der Waals surface area contributed by atoms with Crippen molar-refractivity contribution in [2.45, 2.75) is 63.5 Å². The molecule has 2 aliphatic carbocycles. The van der Waals surface area contributed by atoms with E-state index in [1.54, 1.807) is 18.2 Å². The molecule has 0 saturated heterocycles. The highest BCUT2D eigenvalue weighted by molar-refractivity contribution is 6.04. The second-order valence-corrected chi connectivity index (χ2v) is 8.77. The molecule has 0 bridgehead atoms. The summed E-state index contributed by atoms with van der Waals surface area (Å²) < 4.78 is 8.48. The Morgan fingerprint density at radius 3 is 2.75 bits per heavy atom. The fourth-order valence-electron chi connectivity index (χ4n) is 4.50. The number of nitrogens with zero attached hydrogens (tertiary/aromatic N) is 3. The Hall–Kier alpha value is -3.13. The molecule has 0 aliphatic heterocycles. The molecule has 2 saturated carbocycles. The van der Waals surface area contributed by atoms with E-state index in [-0.39, 0.29) is 23.8 Å². The molecule has 0 unspecified atom stereocenters. The molecule has 5 rings (SSSR count). The first-order valence-electron chi connectivity index (χ1n) is 11.4. The molecule has 2 aromatic heterocycles. The summed E-state index contributed by atoms with van der Waals surface area (Å²) in [4.78, 5) is 13.0. The zero-order valence-corrected chi connectivity index (χ0v) is 18.2. The van der Waals surface area contributed by atoms with E-state index in [0.717, 1.165) is 54.2 Å². The minimum atomic E-state index is -0.462. The molecule has 0 atom stereocenters. The van der Waals surface area contributed by atoms with Gasteiger partial charge < -0.3 is 20.4 Å². The van der Waals surface area contributed by atoms with E-state index in [0.29, 0.717) is 23.7 Å². The lowest BCUT2D eigenvalue weighted by atomic mass is 9.93. The molecule has 0 spiro atoms. The van der Waals surface area contributed by atoms with Gasteiger partial charge in [0.1, 0.15) is 5.75 Å². The first-order valence-corrected chi connectivity index (χ1v) is 11.4. The largest absolute Gasteiger partial charge is 0.618 e. The van der Waals surface area contributed by atoms with Crippen LogP contribution >= 0.6 is 0 Å². The summed E-state index contributed by atoms with van der Waals surface area (Å²) in [6, 6.07) is 9.02. The van der Waals surface area contributed by atoms with Crippen molar-refractivity contribution in [1.29, 1.82) is 0 Å². The van der Waals surface area contributed by atoms with Crippen molar-refractivity contribution in [3.05, 3.63) is 53.1 Å². The van der Waals surface area contributed by atoms with E-state index in [9.17, 15) is 15.1 Å². The number of aromatic nitrogens is 3. The summed E-state index contributed by atoms with van der Waals surface area (Å²) in [6.45, 7) is 2.32. The molecular weight excluding hydrogens is 408 g/mol. The number of rotatable bonds is 6. The SMILES string of the molecule is CCOc1cc2nn(C3CCC(O)CC3)cc2cc1NC(=O)c1cccc(C2CC2)[n+]1[O-]. The van der Waals surface area contributed by atoms with Gasteiger partial charge in [0.25, 0.3) is 5.69 Å². The molecule has 2 heterocycles. The van der Waals surface area contributed by atoms with Crippen LogP contribution in [0.4, 0.5) is 5.69 Å². The second kappa shape index (κ2) is 8.43. The average Bonchev–Trinajstić information content (AvgIpc) is 3.54. The summed E-state index contributed by atoms with van der Waals surface area (Å²) in [5.41, 5.74) is 2.03. The number of ether oxygens (including phenoxy) is 1. The van der Waals surface area contributed by atoms with E-state index in [2.05, 4.69) is 5.32 Å². The highest BCUT2D eigenvalue weighted by atomic mass is 16.5. The number of hydrogen-bond donors (Lipinski definition) is 2. The number of nitrogens with one attached hydrogen (secondary N) is 1. The van der Waals surface area contributed by atoms with Crippen LogP contribution in [0.3, 0.4) is 0 Å². The van der Waals surface area contributed by atoms with E-state index in [4.69, 9.17) is 9.84 Å². The lowest BCUT2D eigenvalue weighted by Crippen LogP contribution is -2.40. The maximum absolute atomic E-state index is 13.0. The zero-order valence-electron chi connectivity index (χ0n) is 18.2.